The molecule has 0 aromatic heterocycles. The first kappa shape index (κ1) is 18.4. The Labute approximate surface area is 148 Å². The van der Waals surface area contributed by atoms with Crippen LogP contribution in [0.3, 0.4) is 0 Å². The van der Waals surface area contributed by atoms with Gasteiger partial charge in [-0.1, -0.05) is 41.9 Å². The summed E-state index contributed by atoms with van der Waals surface area (Å²) in [4.78, 5) is 34.2. The standard InChI is InChI=1S/C17H15ClN2O5/c1-11(12-5-3-2-4-6-12)19-16(21)10-25-17(22)14-9-13(18)7-8-15(14)20(23)24/h2-9,11H,10H2,1H3,(H,19,21)/t11-/m0/s1. The van der Waals surface area contributed by atoms with E-state index < -0.39 is 29.1 Å². The third-order valence-corrected chi connectivity index (χ3v) is 3.62. The predicted octanol–water partition coefficient (Wildman–Crippen LogP) is 3.28. The number of carbonyl (C=O) groups excluding carboxylic acids is 2. The van der Waals surface area contributed by atoms with Gasteiger partial charge in [-0.3, -0.25) is 14.9 Å². The third kappa shape index (κ3) is 5.02. The molecule has 2 aromatic carbocycles. The number of amides is 1. The van der Waals surface area contributed by atoms with Crippen molar-refractivity contribution in [3.8, 4) is 0 Å². The zero-order valence-corrected chi connectivity index (χ0v) is 14.0. The first-order valence-electron chi connectivity index (χ1n) is 7.34. The van der Waals surface area contributed by atoms with Crippen LogP contribution in [-0.4, -0.2) is 23.4 Å². The summed E-state index contributed by atoms with van der Waals surface area (Å²) in [6.45, 7) is 1.23. The summed E-state index contributed by atoms with van der Waals surface area (Å²) in [5.41, 5.74) is 0.154. The molecule has 8 heteroatoms. The van der Waals surface area contributed by atoms with Crippen LogP contribution in [0.1, 0.15) is 28.9 Å². The minimum Gasteiger partial charge on any atom is -0.452 e. The molecule has 0 bridgehead atoms. The van der Waals surface area contributed by atoms with E-state index in [2.05, 4.69) is 5.32 Å². The summed E-state index contributed by atoms with van der Waals surface area (Å²) in [5.74, 6) is -1.51. The van der Waals surface area contributed by atoms with Crippen LogP contribution in [0.5, 0.6) is 0 Å². The van der Waals surface area contributed by atoms with Gasteiger partial charge >= 0.3 is 5.97 Å². The van der Waals surface area contributed by atoms with E-state index in [0.29, 0.717) is 0 Å². The van der Waals surface area contributed by atoms with E-state index >= 15 is 0 Å². The Balaban J connectivity index is 1.97. The van der Waals surface area contributed by atoms with Crippen molar-refractivity contribution >= 4 is 29.2 Å². The van der Waals surface area contributed by atoms with Crippen molar-refractivity contribution in [1.29, 1.82) is 0 Å². The van der Waals surface area contributed by atoms with Crippen LogP contribution in [0.25, 0.3) is 0 Å². The van der Waals surface area contributed by atoms with Gasteiger partial charge in [-0.15, -0.1) is 0 Å². The topological polar surface area (TPSA) is 98.5 Å². The van der Waals surface area contributed by atoms with Gasteiger partial charge < -0.3 is 10.1 Å². The molecule has 0 saturated carbocycles. The van der Waals surface area contributed by atoms with E-state index in [9.17, 15) is 19.7 Å². The lowest BCUT2D eigenvalue weighted by atomic mass is 10.1. The number of esters is 1. The SMILES string of the molecule is C[C@H](NC(=O)COC(=O)c1cc(Cl)ccc1[N+](=O)[O-])c1ccccc1. The second-order valence-corrected chi connectivity index (χ2v) is 5.63. The van der Waals surface area contributed by atoms with E-state index in [4.69, 9.17) is 16.3 Å². The third-order valence-electron chi connectivity index (χ3n) is 3.39. The molecule has 1 N–H and O–H groups in total. The molecule has 2 rings (SSSR count). The van der Waals surface area contributed by atoms with Gasteiger partial charge in [0, 0.05) is 11.1 Å². The lowest BCUT2D eigenvalue weighted by molar-refractivity contribution is -0.385. The molecule has 0 fully saturated rings. The molecule has 0 aliphatic carbocycles. The normalized spacial score (nSPS) is 11.4. The molecule has 0 spiro atoms. The van der Waals surface area contributed by atoms with Gasteiger partial charge in [0.25, 0.3) is 11.6 Å². The minimum absolute atomic E-state index is 0.153. The summed E-state index contributed by atoms with van der Waals surface area (Å²) in [6, 6.07) is 12.5. The predicted molar refractivity (Wildman–Crippen MR) is 91.4 cm³/mol. The molecule has 0 unspecified atom stereocenters. The molecule has 1 amide bonds. The highest BCUT2D eigenvalue weighted by atomic mass is 35.5. The molecule has 0 aliphatic heterocycles. The Bertz CT molecular complexity index is 795. The van der Waals surface area contributed by atoms with Crippen molar-refractivity contribution in [3.63, 3.8) is 0 Å². The number of rotatable bonds is 6. The lowest BCUT2D eigenvalue weighted by Crippen LogP contribution is -2.31. The highest BCUT2D eigenvalue weighted by Gasteiger charge is 2.22. The number of halogens is 1. The van der Waals surface area contributed by atoms with Crippen molar-refractivity contribution in [2.75, 3.05) is 6.61 Å². The number of hydrogen-bond donors (Lipinski definition) is 1. The van der Waals surface area contributed by atoms with Crippen LogP contribution in [0, 0.1) is 10.1 Å². The van der Waals surface area contributed by atoms with E-state index in [0.717, 1.165) is 17.7 Å². The van der Waals surface area contributed by atoms with Crippen LogP contribution in [0.2, 0.25) is 5.02 Å². The number of benzene rings is 2. The van der Waals surface area contributed by atoms with E-state index in [1.807, 2.05) is 30.3 Å². The summed E-state index contributed by atoms with van der Waals surface area (Å²) >= 11 is 5.76. The summed E-state index contributed by atoms with van der Waals surface area (Å²) < 4.78 is 4.86. The lowest BCUT2D eigenvalue weighted by Gasteiger charge is -2.14. The molecular formula is C17H15ClN2O5. The summed E-state index contributed by atoms with van der Waals surface area (Å²) in [5, 5.41) is 13.8. The fraction of sp³-hybridized carbons (Fsp3) is 0.176. The van der Waals surface area contributed by atoms with Crippen LogP contribution in [0.4, 0.5) is 5.69 Å². The second kappa shape index (κ2) is 8.25. The Morgan fingerprint density at radius 3 is 2.56 bits per heavy atom. The number of ether oxygens (including phenoxy) is 1. The Hall–Kier alpha value is -2.93. The van der Waals surface area contributed by atoms with Gasteiger partial charge in [0.15, 0.2) is 6.61 Å². The van der Waals surface area contributed by atoms with Crippen molar-refractivity contribution in [2.45, 2.75) is 13.0 Å². The molecule has 0 aliphatic rings. The summed E-state index contributed by atoms with van der Waals surface area (Å²) in [7, 11) is 0. The Kier molecular flexibility index (Phi) is 6.08. The maximum absolute atomic E-state index is 12.0. The van der Waals surface area contributed by atoms with Gasteiger partial charge in [0.2, 0.25) is 0 Å². The molecule has 130 valence electrons. The molecule has 0 saturated heterocycles. The first-order chi connectivity index (χ1) is 11.9. The van der Waals surface area contributed by atoms with Crippen molar-refractivity contribution < 1.29 is 19.2 Å². The van der Waals surface area contributed by atoms with E-state index in [1.165, 1.54) is 6.07 Å². The molecular weight excluding hydrogens is 348 g/mol. The van der Waals surface area contributed by atoms with Gasteiger partial charge in [-0.2, -0.15) is 0 Å². The smallest absolute Gasteiger partial charge is 0.345 e. The highest BCUT2D eigenvalue weighted by Crippen LogP contribution is 2.23. The fourth-order valence-corrected chi connectivity index (χ4v) is 2.32. The monoisotopic (exact) mass is 362 g/mol. The molecule has 0 heterocycles. The van der Waals surface area contributed by atoms with Gasteiger partial charge in [-0.25, -0.2) is 4.79 Å². The second-order valence-electron chi connectivity index (χ2n) is 5.19. The van der Waals surface area contributed by atoms with Crippen LogP contribution < -0.4 is 5.32 Å². The number of carbonyl (C=O) groups is 2. The van der Waals surface area contributed by atoms with Crippen molar-refractivity contribution in [2.24, 2.45) is 0 Å². The maximum Gasteiger partial charge on any atom is 0.345 e. The Morgan fingerprint density at radius 1 is 1.24 bits per heavy atom. The van der Waals surface area contributed by atoms with Gasteiger partial charge in [0.05, 0.1) is 11.0 Å². The highest BCUT2D eigenvalue weighted by molar-refractivity contribution is 6.31. The first-order valence-corrected chi connectivity index (χ1v) is 7.71. The molecule has 0 radical (unpaired) electrons. The van der Waals surface area contributed by atoms with Crippen LogP contribution in [-0.2, 0) is 9.53 Å². The van der Waals surface area contributed by atoms with Crippen LogP contribution >= 0.6 is 11.6 Å². The minimum atomic E-state index is -0.989. The number of nitrogens with one attached hydrogen (secondary N) is 1. The summed E-state index contributed by atoms with van der Waals surface area (Å²) in [6.07, 6.45) is 0. The molecule has 1 atom stereocenters. The van der Waals surface area contributed by atoms with Gasteiger partial charge in [0.1, 0.15) is 5.56 Å². The quantitative estimate of drug-likeness (QED) is 0.483. The Morgan fingerprint density at radius 2 is 1.92 bits per heavy atom. The number of nitro benzene ring substituents is 1. The average Bonchev–Trinajstić information content (AvgIpc) is 2.60. The molecule has 2 aromatic rings. The van der Waals surface area contributed by atoms with E-state index in [1.54, 1.807) is 6.92 Å². The van der Waals surface area contributed by atoms with Crippen LogP contribution in [0.15, 0.2) is 48.5 Å². The molecule has 25 heavy (non-hydrogen) atoms. The number of nitrogens with zero attached hydrogens (tertiary/aromatic N) is 1. The number of hydrogen-bond acceptors (Lipinski definition) is 5. The van der Waals surface area contributed by atoms with Crippen molar-refractivity contribution in [1.82, 2.24) is 5.32 Å². The zero-order chi connectivity index (χ0) is 18.4. The van der Waals surface area contributed by atoms with Crippen molar-refractivity contribution in [3.05, 3.63) is 74.8 Å². The maximum atomic E-state index is 12.0. The molecule has 7 nitrogen and oxygen atoms in total. The van der Waals surface area contributed by atoms with Gasteiger partial charge in [-0.05, 0) is 24.6 Å². The zero-order valence-electron chi connectivity index (χ0n) is 13.3. The van der Waals surface area contributed by atoms with E-state index in [-0.39, 0.29) is 16.6 Å². The largest absolute Gasteiger partial charge is 0.452 e. The fourth-order valence-electron chi connectivity index (χ4n) is 2.15. The number of nitro groups is 1. The average molecular weight is 363 g/mol.